The fourth-order valence-electron chi connectivity index (χ4n) is 2.13. The Labute approximate surface area is 139 Å². The van der Waals surface area contributed by atoms with Crippen LogP contribution in [0.4, 0.5) is 5.69 Å². The summed E-state index contributed by atoms with van der Waals surface area (Å²) >= 11 is 0. The first-order valence-electron chi connectivity index (χ1n) is 7.65. The molecule has 3 aromatic rings. The maximum atomic E-state index is 12.5. The predicted octanol–water partition coefficient (Wildman–Crippen LogP) is 3.46. The summed E-state index contributed by atoms with van der Waals surface area (Å²) in [6, 6.07) is 16.3. The van der Waals surface area contributed by atoms with Crippen molar-refractivity contribution in [3.8, 4) is 5.75 Å². The fourth-order valence-corrected chi connectivity index (χ4v) is 2.13. The van der Waals surface area contributed by atoms with Crippen molar-refractivity contribution in [1.29, 1.82) is 0 Å². The average Bonchev–Trinajstić information content (AvgIpc) is 3.09. The number of para-hydroxylation sites is 2. The molecule has 0 saturated heterocycles. The van der Waals surface area contributed by atoms with E-state index in [1.165, 1.54) is 0 Å². The van der Waals surface area contributed by atoms with E-state index in [1.807, 2.05) is 37.3 Å². The molecular weight excluding hydrogens is 306 g/mol. The molecule has 0 saturated carbocycles. The number of carbonyl (C=O) groups is 1. The zero-order valence-corrected chi connectivity index (χ0v) is 13.2. The van der Waals surface area contributed by atoms with Gasteiger partial charge in [0, 0.05) is 12.1 Å². The number of hydrogen-bond acceptors (Lipinski definition) is 5. The van der Waals surface area contributed by atoms with Crippen LogP contribution in [-0.2, 0) is 13.0 Å². The number of nitrogens with one attached hydrogen (secondary N) is 1. The standard InChI is InChI=1S/C18H17N3O3/c1-2-16-20-21-17(24-16)12-23-15-11-7-6-10-14(15)18(22)19-13-8-4-3-5-9-13/h3-11H,2,12H2,1H3,(H,19,22). The van der Waals surface area contributed by atoms with Crippen LogP contribution in [0.2, 0.25) is 0 Å². The van der Waals surface area contributed by atoms with E-state index in [4.69, 9.17) is 9.15 Å². The van der Waals surface area contributed by atoms with Crippen LogP contribution in [0.3, 0.4) is 0 Å². The largest absolute Gasteiger partial charge is 0.483 e. The van der Waals surface area contributed by atoms with E-state index in [2.05, 4.69) is 15.5 Å². The van der Waals surface area contributed by atoms with Crippen molar-refractivity contribution in [2.24, 2.45) is 0 Å². The number of ether oxygens (including phenoxy) is 1. The molecule has 24 heavy (non-hydrogen) atoms. The van der Waals surface area contributed by atoms with Gasteiger partial charge in [0.15, 0.2) is 6.61 Å². The van der Waals surface area contributed by atoms with Gasteiger partial charge in [0.1, 0.15) is 5.75 Å². The average molecular weight is 323 g/mol. The van der Waals surface area contributed by atoms with Gasteiger partial charge in [-0.3, -0.25) is 4.79 Å². The number of aryl methyl sites for hydroxylation is 1. The van der Waals surface area contributed by atoms with Crippen molar-refractivity contribution >= 4 is 11.6 Å². The molecule has 0 aliphatic carbocycles. The quantitative estimate of drug-likeness (QED) is 0.751. The summed E-state index contributed by atoms with van der Waals surface area (Å²) in [7, 11) is 0. The van der Waals surface area contributed by atoms with Gasteiger partial charge >= 0.3 is 0 Å². The number of rotatable bonds is 6. The Kier molecular flexibility index (Phi) is 4.86. The molecule has 1 N–H and O–H groups in total. The highest BCUT2D eigenvalue weighted by Gasteiger charge is 2.13. The van der Waals surface area contributed by atoms with Gasteiger partial charge in [-0.2, -0.15) is 0 Å². The Bertz CT molecular complexity index is 815. The molecule has 0 aliphatic rings. The minimum Gasteiger partial charge on any atom is -0.483 e. The zero-order chi connectivity index (χ0) is 16.8. The molecular formula is C18H17N3O3. The van der Waals surface area contributed by atoms with Crippen molar-refractivity contribution in [3.05, 3.63) is 71.9 Å². The highest BCUT2D eigenvalue weighted by atomic mass is 16.5. The lowest BCUT2D eigenvalue weighted by Crippen LogP contribution is -2.13. The number of aromatic nitrogens is 2. The highest BCUT2D eigenvalue weighted by molar-refractivity contribution is 6.06. The minimum atomic E-state index is -0.239. The van der Waals surface area contributed by atoms with E-state index < -0.39 is 0 Å². The molecule has 0 bridgehead atoms. The van der Waals surface area contributed by atoms with E-state index in [1.54, 1.807) is 24.3 Å². The predicted molar refractivity (Wildman–Crippen MR) is 88.8 cm³/mol. The second kappa shape index (κ2) is 7.41. The van der Waals surface area contributed by atoms with E-state index in [0.717, 1.165) is 5.69 Å². The molecule has 122 valence electrons. The van der Waals surface area contributed by atoms with E-state index in [-0.39, 0.29) is 12.5 Å². The van der Waals surface area contributed by atoms with Gasteiger partial charge in [0.25, 0.3) is 11.8 Å². The molecule has 3 rings (SSSR count). The first-order valence-corrected chi connectivity index (χ1v) is 7.65. The first-order chi connectivity index (χ1) is 11.8. The maximum Gasteiger partial charge on any atom is 0.259 e. The molecule has 1 heterocycles. The summed E-state index contributed by atoms with van der Waals surface area (Å²) in [6.45, 7) is 2.05. The lowest BCUT2D eigenvalue weighted by molar-refractivity contribution is 0.102. The van der Waals surface area contributed by atoms with Gasteiger partial charge in [-0.05, 0) is 24.3 Å². The Morgan fingerprint density at radius 1 is 1.04 bits per heavy atom. The minimum absolute atomic E-state index is 0.114. The van der Waals surface area contributed by atoms with Crippen molar-refractivity contribution < 1.29 is 13.9 Å². The highest BCUT2D eigenvalue weighted by Crippen LogP contribution is 2.21. The molecule has 0 spiro atoms. The molecule has 6 heteroatoms. The van der Waals surface area contributed by atoms with Gasteiger partial charge in [0.2, 0.25) is 5.89 Å². The van der Waals surface area contributed by atoms with Crippen LogP contribution >= 0.6 is 0 Å². The number of amides is 1. The second-order valence-corrected chi connectivity index (χ2v) is 5.05. The number of nitrogens with zero attached hydrogens (tertiary/aromatic N) is 2. The number of benzene rings is 2. The Morgan fingerprint density at radius 2 is 1.75 bits per heavy atom. The first kappa shape index (κ1) is 15.7. The Morgan fingerprint density at radius 3 is 2.50 bits per heavy atom. The van der Waals surface area contributed by atoms with Crippen molar-refractivity contribution in [3.63, 3.8) is 0 Å². The van der Waals surface area contributed by atoms with Gasteiger partial charge < -0.3 is 14.5 Å². The summed E-state index contributed by atoms with van der Waals surface area (Å²) in [6.07, 6.45) is 0.670. The SMILES string of the molecule is CCc1nnc(COc2ccccc2C(=O)Nc2ccccc2)o1. The fraction of sp³-hybridized carbons (Fsp3) is 0.167. The lowest BCUT2D eigenvalue weighted by atomic mass is 10.2. The van der Waals surface area contributed by atoms with E-state index >= 15 is 0 Å². The van der Waals surface area contributed by atoms with Gasteiger partial charge in [-0.15, -0.1) is 10.2 Å². The zero-order valence-electron chi connectivity index (χ0n) is 13.2. The van der Waals surface area contributed by atoms with E-state index in [9.17, 15) is 4.79 Å². The number of carbonyl (C=O) groups excluding carboxylic acids is 1. The molecule has 0 radical (unpaired) electrons. The number of anilines is 1. The molecule has 1 amide bonds. The molecule has 0 unspecified atom stereocenters. The van der Waals surface area contributed by atoms with Gasteiger partial charge in [-0.1, -0.05) is 37.3 Å². The second-order valence-electron chi connectivity index (χ2n) is 5.05. The summed E-state index contributed by atoms with van der Waals surface area (Å²) in [5, 5.41) is 10.6. The monoisotopic (exact) mass is 323 g/mol. The van der Waals surface area contributed by atoms with Crippen LogP contribution in [0.25, 0.3) is 0 Å². The van der Waals surface area contributed by atoms with Gasteiger partial charge in [-0.25, -0.2) is 0 Å². The summed E-state index contributed by atoms with van der Waals surface area (Å²) in [5.41, 5.74) is 1.17. The van der Waals surface area contributed by atoms with Crippen molar-refractivity contribution in [1.82, 2.24) is 10.2 Å². The summed E-state index contributed by atoms with van der Waals surface area (Å²) in [5.74, 6) is 1.16. The van der Waals surface area contributed by atoms with Crippen LogP contribution in [-0.4, -0.2) is 16.1 Å². The lowest BCUT2D eigenvalue weighted by Gasteiger charge is -2.10. The van der Waals surface area contributed by atoms with Crippen LogP contribution in [0.15, 0.2) is 59.0 Å². The Balaban J connectivity index is 1.71. The molecule has 2 aromatic carbocycles. The van der Waals surface area contributed by atoms with Crippen molar-refractivity contribution in [2.45, 2.75) is 20.0 Å². The van der Waals surface area contributed by atoms with Crippen LogP contribution < -0.4 is 10.1 Å². The number of hydrogen-bond donors (Lipinski definition) is 1. The molecule has 1 aromatic heterocycles. The third kappa shape index (κ3) is 3.78. The summed E-state index contributed by atoms with van der Waals surface area (Å²) < 4.78 is 11.1. The smallest absolute Gasteiger partial charge is 0.259 e. The van der Waals surface area contributed by atoms with Gasteiger partial charge in [0.05, 0.1) is 5.56 Å². The summed E-state index contributed by atoms with van der Waals surface area (Å²) in [4.78, 5) is 12.5. The van der Waals surface area contributed by atoms with Crippen LogP contribution in [0, 0.1) is 0 Å². The molecule has 0 aliphatic heterocycles. The molecule has 0 atom stereocenters. The van der Waals surface area contributed by atoms with Crippen LogP contribution in [0.5, 0.6) is 5.75 Å². The topological polar surface area (TPSA) is 77.2 Å². The third-order valence-corrected chi connectivity index (χ3v) is 3.33. The maximum absolute atomic E-state index is 12.5. The Hall–Kier alpha value is -3.15. The third-order valence-electron chi connectivity index (χ3n) is 3.33. The normalized spacial score (nSPS) is 10.4. The van der Waals surface area contributed by atoms with Crippen molar-refractivity contribution in [2.75, 3.05) is 5.32 Å². The molecule has 0 fully saturated rings. The van der Waals surface area contributed by atoms with Crippen LogP contribution in [0.1, 0.15) is 29.1 Å². The molecule has 6 nitrogen and oxygen atoms in total. The van der Waals surface area contributed by atoms with E-state index in [0.29, 0.717) is 29.5 Å².